The highest BCUT2D eigenvalue weighted by molar-refractivity contribution is 7.17. The molecule has 0 saturated heterocycles. The lowest BCUT2D eigenvalue weighted by Crippen LogP contribution is -2.21. The van der Waals surface area contributed by atoms with E-state index in [4.69, 9.17) is 4.74 Å². The number of carbonyl (C=O) groups excluding carboxylic acids is 2. The molecule has 0 unspecified atom stereocenters. The Labute approximate surface area is 126 Å². The standard InChI is InChI=1S/C14H15N3O3S/c1-9-11(12(18)17(2)3)21-13(15-9)16-14(19)20-10-7-5-4-6-8-10/h4-8H,1-3H3,(H,15,16,19). The van der Waals surface area contributed by atoms with Crippen LogP contribution in [-0.2, 0) is 0 Å². The van der Waals surface area contributed by atoms with Crippen LogP contribution in [-0.4, -0.2) is 36.0 Å². The first kappa shape index (κ1) is 15.0. The molecule has 110 valence electrons. The number of nitrogens with one attached hydrogen (secondary N) is 1. The zero-order valence-electron chi connectivity index (χ0n) is 11.9. The molecule has 1 aromatic heterocycles. The average Bonchev–Trinajstić information content (AvgIpc) is 2.79. The van der Waals surface area contributed by atoms with Gasteiger partial charge >= 0.3 is 6.09 Å². The summed E-state index contributed by atoms with van der Waals surface area (Å²) in [5, 5.41) is 2.85. The van der Waals surface area contributed by atoms with Crippen molar-refractivity contribution in [1.29, 1.82) is 0 Å². The summed E-state index contributed by atoms with van der Waals surface area (Å²) in [5.41, 5.74) is 0.578. The zero-order valence-corrected chi connectivity index (χ0v) is 12.7. The number of benzene rings is 1. The predicted octanol–water partition coefficient (Wildman–Crippen LogP) is 2.76. The van der Waals surface area contributed by atoms with Gasteiger partial charge in [0.15, 0.2) is 5.13 Å². The van der Waals surface area contributed by atoms with Crippen molar-refractivity contribution in [2.75, 3.05) is 19.4 Å². The van der Waals surface area contributed by atoms with Crippen LogP contribution in [0.2, 0.25) is 0 Å². The van der Waals surface area contributed by atoms with E-state index in [0.717, 1.165) is 11.3 Å². The van der Waals surface area contributed by atoms with Crippen LogP contribution in [0.25, 0.3) is 0 Å². The van der Waals surface area contributed by atoms with Crippen LogP contribution in [0.5, 0.6) is 5.75 Å². The molecule has 0 aliphatic rings. The lowest BCUT2D eigenvalue weighted by Gasteiger charge is -2.07. The summed E-state index contributed by atoms with van der Waals surface area (Å²) in [6.45, 7) is 1.72. The van der Waals surface area contributed by atoms with Gasteiger partial charge in [-0.1, -0.05) is 29.5 Å². The Hall–Kier alpha value is -2.41. The fraction of sp³-hybridized carbons (Fsp3) is 0.214. The van der Waals surface area contributed by atoms with Gasteiger partial charge < -0.3 is 9.64 Å². The van der Waals surface area contributed by atoms with Gasteiger partial charge in [0, 0.05) is 14.1 Å². The SMILES string of the molecule is Cc1nc(NC(=O)Oc2ccccc2)sc1C(=O)N(C)C. The number of anilines is 1. The molecular formula is C14H15N3O3S. The topological polar surface area (TPSA) is 71.5 Å². The van der Waals surface area contributed by atoms with Gasteiger partial charge in [0.2, 0.25) is 0 Å². The van der Waals surface area contributed by atoms with Crippen molar-refractivity contribution in [3.8, 4) is 5.75 Å². The van der Waals surface area contributed by atoms with Crippen molar-refractivity contribution < 1.29 is 14.3 Å². The third-order valence-electron chi connectivity index (χ3n) is 2.56. The molecule has 7 heteroatoms. The van der Waals surface area contributed by atoms with Crippen LogP contribution in [0.3, 0.4) is 0 Å². The molecule has 0 radical (unpaired) electrons. The molecule has 2 rings (SSSR count). The summed E-state index contributed by atoms with van der Waals surface area (Å²) in [7, 11) is 3.33. The fourth-order valence-electron chi connectivity index (χ4n) is 1.56. The molecule has 6 nitrogen and oxygen atoms in total. The average molecular weight is 305 g/mol. The molecule has 0 bridgehead atoms. The Morgan fingerprint density at radius 1 is 1.24 bits per heavy atom. The number of rotatable bonds is 3. The monoisotopic (exact) mass is 305 g/mol. The van der Waals surface area contributed by atoms with E-state index in [1.54, 1.807) is 45.3 Å². The maximum absolute atomic E-state index is 11.9. The van der Waals surface area contributed by atoms with Crippen molar-refractivity contribution in [3.05, 3.63) is 40.9 Å². The molecule has 0 aliphatic heterocycles. The number of hydrogen-bond acceptors (Lipinski definition) is 5. The summed E-state index contributed by atoms with van der Waals surface area (Å²) in [4.78, 5) is 29.8. The first-order valence-electron chi connectivity index (χ1n) is 6.20. The third kappa shape index (κ3) is 3.79. The minimum absolute atomic E-state index is 0.144. The van der Waals surface area contributed by atoms with Crippen LogP contribution in [0.4, 0.5) is 9.93 Å². The summed E-state index contributed by atoms with van der Waals surface area (Å²) in [5.74, 6) is 0.294. The van der Waals surface area contributed by atoms with E-state index in [0.29, 0.717) is 21.5 Å². The highest BCUT2D eigenvalue weighted by atomic mass is 32.1. The van der Waals surface area contributed by atoms with Gasteiger partial charge in [0.1, 0.15) is 10.6 Å². The molecular weight excluding hydrogens is 290 g/mol. The minimum atomic E-state index is -0.640. The zero-order chi connectivity index (χ0) is 15.4. The second-order valence-corrected chi connectivity index (χ2v) is 5.46. The van der Waals surface area contributed by atoms with Crippen molar-refractivity contribution in [2.45, 2.75) is 6.92 Å². The molecule has 1 N–H and O–H groups in total. The van der Waals surface area contributed by atoms with Crippen molar-refractivity contribution in [2.24, 2.45) is 0 Å². The Balaban J connectivity index is 2.05. The summed E-state index contributed by atoms with van der Waals surface area (Å²) in [6, 6.07) is 8.71. The summed E-state index contributed by atoms with van der Waals surface area (Å²) >= 11 is 1.12. The van der Waals surface area contributed by atoms with E-state index in [9.17, 15) is 9.59 Å². The van der Waals surface area contributed by atoms with Crippen molar-refractivity contribution >= 4 is 28.5 Å². The third-order valence-corrected chi connectivity index (χ3v) is 3.62. The number of aromatic nitrogens is 1. The van der Waals surface area contributed by atoms with Gasteiger partial charge in [0.25, 0.3) is 5.91 Å². The second kappa shape index (κ2) is 6.36. The molecule has 21 heavy (non-hydrogen) atoms. The lowest BCUT2D eigenvalue weighted by molar-refractivity contribution is 0.0831. The van der Waals surface area contributed by atoms with E-state index >= 15 is 0 Å². The largest absolute Gasteiger partial charge is 0.418 e. The Morgan fingerprint density at radius 2 is 1.90 bits per heavy atom. The molecule has 0 atom stereocenters. The maximum atomic E-state index is 11.9. The number of nitrogens with zero attached hydrogens (tertiary/aromatic N) is 2. The van der Waals surface area contributed by atoms with E-state index in [2.05, 4.69) is 10.3 Å². The van der Waals surface area contributed by atoms with E-state index in [-0.39, 0.29) is 5.91 Å². The Bertz CT molecular complexity index is 653. The molecule has 0 spiro atoms. The highest BCUT2D eigenvalue weighted by Crippen LogP contribution is 2.23. The van der Waals surface area contributed by atoms with Gasteiger partial charge in [-0.05, 0) is 19.1 Å². The van der Waals surface area contributed by atoms with E-state index in [1.165, 1.54) is 4.90 Å². The van der Waals surface area contributed by atoms with Gasteiger partial charge in [-0.15, -0.1) is 0 Å². The summed E-state index contributed by atoms with van der Waals surface area (Å²) in [6.07, 6.45) is -0.640. The number of thiazole rings is 1. The van der Waals surface area contributed by atoms with Gasteiger partial charge in [-0.3, -0.25) is 10.1 Å². The first-order valence-corrected chi connectivity index (χ1v) is 7.02. The van der Waals surface area contributed by atoms with Crippen LogP contribution in [0.15, 0.2) is 30.3 Å². The number of amides is 2. The van der Waals surface area contributed by atoms with Crippen LogP contribution < -0.4 is 10.1 Å². The number of hydrogen-bond donors (Lipinski definition) is 1. The first-order chi connectivity index (χ1) is 9.97. The van der Waals surface area contributed by atoms with Gasteiger partial charge in [0.05, 0.1) is 5.69 Å². The molecule has 0 aliphatic carbocycles. The quantitative estimate of drug-likeness (QED) is 0.946. The van der Waals surface area contributed by atoms with Crippen LogP contribution in [0.1, 0.15) is 15.4 Å². The second-order valence-electron chi connectivity index (χ2n) is 4.46. The van der Waals surface area contributed by atoms with Crippen molar-refractivity contribution in [3.63, 3.8) is 0 Å². The number of para-hydroxylation sites is 1. The van der Waals surface area contributed by atoms with E-state index in [1.807, 2.05) is 6.07 Å². The Kier molecular flexibility index (Phi) is 4.54. The van der Waals surface area contributed by atoms with Crippen molar-refractivity contribution in [1.82, 2.24) is 9.88 Å². The van der Waals surface area contributed by atoms with E-state index < -0.39 is 6.09 Å². The number of ether oxygens (including phenoxy) is 1. The maximum Gasteiger partial charge on any atom is 0.418 e. The predicted molar refractivity (Wildman–Crippen MR) is 81.0 cm³/mol. The molecule has 0 saturated carbocycles. The Morgan fingerprint density at radius 3 is 2.52 bits per heavy atom. The molecule has 0 fully saturated rings. The highest BCUT2D eigenvalue weighted by Gasteiger charge is 2.18. The molecule has 1 heterocycles. The molecule has 2 aromatic rings. The smallest absolute Gasteiger partial charge is 0.410 e. The van der Waals surface area contributed by atoms with Gasteiger partial charge in [-0.2, -0.15) is 0 Å². The number of carbonyl (C=O) groups is 2. The lowest BCUT2D eigenvalue weighted by atomic mass is 10.3. The normalized spacial score (nSPS) is 10.0. The minimum Gasteiger partial charge on any atom is -0.410 e. The summed E-state index contributed by atoms with van der Waals surface area (Å²) < 4.78 is 5.10. The number of aryl methyl sites for hydroxylation is 1. The van der Waals surface area contributed by atoms with Crippen LogP contribution >= 0.6 is 11.3 Å². The van der Waals surface area contributed by atoms with Gasteiger partial charge in [-0.25, -0.2) is 9.78 Å². The fourth-order valence-corrected chi connectivity index (χ4v) is 2.53. The molecule has 2 amide bonds. The molecule has 1 aromatic carbocycles. The van der Waals surface area contributed by atoms with Crippen LogP contribution in [0, 0.1) is 6.92 Å².